The summed E-state index contributed by atoms with van der Waals surface area (Å²) >= 11 is 6.30. The SMILES string of the molecule is CC(C)(C)OC(=O)N1CCc2c(Cl)nc(-c3ccc(F)cc3)nc2C1. The molecule has 2 aromatic rings. The van der Waals surface area contributed by atoms with Crippen molar-refractivity contribution in [1.82, 2.24) is 14.9 Å². The van der Waals surface area contributed by atoms with Crippen molar-refractivity contribution >= 4 is 17.7 Å². The molecule has 1 aliphatic heterocycles. The molecule has 3 rings (SSSR count). The van der Waals surface area contributed by atoms with Crippen molar-refractivity contribution in [2.45, 2.75) is 39.3 Å². The Kier molecular flexibility index (Phi) is 4.64. The Labute approximate surface area is 150 Å². The number of carbonyl (C=O) groups is 1. The van der Waals surface area contributed by atoms with E-state index in [1.54, 1.807) is 17.0 Å². The highest BCUT2D eigenvalue weighted by atomic mass is 35.5. The van der Waals surface area contributed by atoms with E-state index in [4.69, 9.17) is 16.3 Å². The summed E-state index contributed by atoms with van der Waals surface area (Å²) in [6.07, 6.45) is 0.188. The molecule has 132 valence electrons. The highest BCUT2D eigenvalue weighted by Gasteiger charge is 2.28. The third-order valence-corrected chi connectivity index (χ3v) is 4.08. The average Bonchev–Trinajstić information content (AvgIpc) is 2.53. The first-order valence-electron chi connectivity index (χ1n) is 8.02. The zero-order valence-electron chi connectivity index (χ0n) is 14.3. The number of amides is 1. The molecule has 0 aliphatic carbocycles. The summed E-state index contributed by atoms with van der Waals surface area (Å²) in [5.74, 6) is 0.0821. The van der Waals surface area contributed by atoms with Crippen LogP contribution >= 0.6 is 11.6 Å². The van der Waals surface area contributed by atoms with Crippen molar-refractivity contribution in [3.8, 4) is 11.4 Å². The second-order valence-electron chi connectivity index (χ2n) is 6.92. The molecule has 1 amide bonds. The van der Waals surface area contributed by atoms with E-state index in [1.165, 1.54) is 12.1 Å². The van der Waals surface area contributed by atoms with E-state index in [0.717, 1.165) is 5.56 Å². The minimum Gasteiger partial charge on any atom is -0.444 e. The maximum atomic E-state index is 13.1. The van der Waals surface area contributed by atoms with Gasteiger partial charge in [-0.3, -0.25) is 0 Å². The number of fused-ring (bicyclic) bond motifs is 1. The number of hydrogen-bond acceptors (Lipinski definition) is 4. The molecule has 0 bridgehead atoms. The van der Waals surface area contributed by atoms with E-state index in [2.05, 4.69) is 9.97 Å². The van der Waals surface area contributed by atoms with Gasteiger partial charge in [-0.05, 0) is 51.5 Å². The summed E-state index contributed by atoms with van der Waals surface area (Å²) in [6, 6.07) is 5.89. The van der Waals surface area contributed by atoms with Crippen LogP contribution in [-0.4, -0.2) is 33.1 Å². The van der Waals surface area contributed by atoms with Gasteiger partial charge in [0.25, 0.3) is 0 Å². The highest BCUT2D eigenvalue weighted by Crippen LogP contribution is 2.27. The number of halogens is 2. The van der Waals surface area contributed by atoms with Gasteiger partial charge in [0.15, 0.2) is 5.82 Å². The van der Waals surface area contributed by atoms with Gasteiger partial charge in [0, 0.05) is 17.7 Å². The van der Waals surface area contributed by atoms with Gasteiger partial charge in [-0.15, -0.1) is 0 Å². The summed E-state index contributed by atoms with van der Waals surface area (Å²) in [4.78, 5) is 22.7. The Morgan fingerprint density at radius 1 is 1.24 bits per heavy atom. The third kappa shape index (κ3) is 4.07. The van der Waals surface area contributed by atoms with Crippen molar-refractivity contribution in [2.24, 2.45) is 0 Å². The number of hydrogen-bond donors (Lipinski definition) is 0. The Bertz CT molecular complexity index is 803. The maximum absolute atomic E-state index is 13.1. The summed E-state index contributed by atoms with van der Waals surface area (Å²) in [6.45, 7) is 6.29. The predicted octanol–water partition coefficient (Wildman–Crippen LogP) is 4.23. The summed E-state index contributed by atoms with van der Waals surface area (Å²) < 4.78 is 18.5. The largest absolute Gasteiger partial charge is 0.444 e. The Morgan fingerprint density at radius 3 is 2.56 bits per heavy atom. The van der Waals surface area contributed by atoms with Crippen LogP contribution in [0.2, 0.25) is 5.15 Å². The number of rotatable bonds is 1. The molecular formula is C18H19ClFN3O2. The van der Waals surface area contributed by atoms with Crippen LogP contribution < -0.4 is 0 Å². The van der Waals surface area contributed by atoms with Crippen molar-refractivity contribution in [1.29, 1.82) is 0 Å². The molecule has 7 heteroatoms. The Hall–Kier alpha value is -2.21. The smallest absolute Gasteiger partial charge is 0.410 e. The average molecular weight is 364 g/mol. The van der Waals surface area contributed by atoms with E-state index in [1.807, 2.05) is 20.8 Å². The zero-order valence-corrected chi connectivity index (χ0v) is 15.1. The van der Waals surface area contributed by atoms with Gasteiger partial charge in [-0.2, -0.15) is 0 Å². The molecule has 0 fully saturated rings. The van der Waals surface area contributed by atoms with Crippen LogP contribution in [0.4, 0.5) is 9.18 Å². The standard InChI is InChI=1S/C18H19ClFN3O2/c1-18(2,3)25-17(24)23-9-8-13-14(10-23)21-16(22-15(13)19)11-4-6-12(20)7-5-11/h4-7H,8-10H2,1-3H3. The monoisotopic (exact) mass is 363 g/mol. The first-order valence-corrected chi connectivity index (χ1v) is 8.40. The summed E-state index contributed by atoms with van der Waals surface area (Å²) in [7, 11) is 0. The Morgan fingerprint density at radius 2 is 1.92 bits per heavy atom. The second kappa shape index (κ2) is 6.59. The van der Waals surface area contributed by atoms with Gasteiger partial charge in [0.05, 0.1) is 12.2 Å². The molecule has 0 atom stereocenters. The molecule has 0 N–H and O–H groups in total. The fourth-order valence-corrected chi connectivity index (χ4v) is 2.88. The highest BCUT2D eigenvalue weighted by molar-refractivity contribution is 6.30. The Balaban J connectivity index is 1.88. The van der Waals surface area contributed by atoms with Gasteiger partial charge in [0.2, 0.25) is 0 Å². The number of aromatic nitrogens is 2. The van der Waals surface area contributed by atoms with Crippen LogP contribution in [0.3, 0.4) is 0 Å². The lowest BCUT2D eigenvalue weighted by Crippen LogP contribution is -2.40. The van der Waals surface area contributed by atoms with E-state index in [-0.39, 0.29) is 11.9 Å². The number of ether oxygens (including phenoxy) is 1. The van der Waals surface area contributed by atoms with Gasteiger partial charge < -0.3 is 9.64 Å². The minimum atomic E-state index is -0.556. The van der Waals surface area contributed by atoms with Crippen LogP contribution in [-0.2, 0) is 17.7 Å². The fraction of sp³-hybridized carbons (Fsp3) is 0.389. The van der Waals surface area contributed by atoms with E-state index < -0.39 is 5.60 Å². The molecule has 25 heavy (non-hydrogen) atoms. The lowest BCUT2D eigenvalue weighted by molar-refractivity contribution is 0.0220. The van der Waals surface area contributed by atoms with Gasteiger partial charge in [-0.1, -0.05) is 11.6 Å². The summed E-state index contributed by atoms with van der Waals surface area (Å²) in [5, 5.41) is 0.369. The minimum absolute atomic E-state index is 0.306. The molecule has 5 nitrogen and oxygen atoms in total. The number of nitrogens with zero attached hydrogens (tertiary/aromatic N) is 3. The van der Waals surface area contributed by atoms with Crippen molar-refractivity contribution in [3.05, 3.63) is 46.5 Å². The van der Waals surface area contributed by atoms with Crippen LogP contribution in [0.5, 0.6) is 0 Å². The molecule has 2 heterocycles. The quantitative estimate of drug-likeness (QED) is 0.711. The fourth-order valence-electron chi connectivity index (χ4n) is 2.60. The third-order valence-electron chi connectivity index (χ3n) is 3.77. The van der Waals surface area contributed by atoms with Crippen LogP contribution in [0, 0.1) is 5.82 Å². The molecular weight excluding hydrogens is 345 g/mol. The normalized spacial score (nSPS) is 14.2. The first kappa shape index (κ1) is 17.6. The van der Waals surface area contributed by atoms with Gasteiger partial charge >= 0.3 is 6.09 Å². The molecule has 1 aromatic carbocycles. The topological polar surface area (TPSA) is 55.3 Å². The number of benzene rings is 1. The lowest BCUT2D eigenvalue weighted by Gasteiger charge is -2.31. The van der Waals surface area contributed by atoms with Crippen molar-refractivity contribution in [3.63, 3.8) is 0 Å². The predicted molar refractivity (Wildman–Crippen MR) is 92.8 cm³/mol. The summed E-state index contributed by atoms with van der Waals surface area (Å²) in [5.41, 5.74) is 1.64. The van der Waals surface area contributed by atoms with E-state index in [0.29, 0.717) is 41.7 Å². The van der Waals surface area contributed by atoms with Crippen molar-refractivity contribution < 1.29 is 13.9 Å². The van der Waals surface area contributed by atoms with Gasteiger partial charge in [-0.25, -0.2) is 19.2 Å². The second-order valence-corrected chi connectivity index (χ2v) is 7.28. The molecule has 1 aliphatic rings. The van der Waals surface area contributed by atoms with Crippen LogP contribution in [0.1, 0.15) is 32.0 Å². The van der Waals surface area contributed by atoms with E-state index in [9.17, 15) is 9.18 Å². The van der Waals surface area contributed by atoms with Crippen LogP contribution in [0.25, 0.3) is 11.4 Å². The van der Waals surface area contributed by atoms with Gasteiger partial charge in [0.1, 0.15) is 16.6 Å². The molecule has 0 radical (unpaired) electrons. The lowest BCUT2D eigenvalue weighted by atomic mass is 10.1. The zero-order chi connectivity index (χ0) is 18.2. The molecule has 0 saturated carbocycles. The molecule has 0 unspecified atom stereocenters. The number of carbonyl (C=O) groups excluding carboxylic acids is 1. The molecule has 1 aromatic heterocycles. The molecule has 0 spiro atoms. The van der Waals surface area contributed by atoms with E-state index >= 15 is 0 Å². The van der Waals surface area contributed by atoms with Crippen LogP contribution in [0.15, 0.2) is 24.3 Å². The van der Waals surface area contributed by atoms with Crippen molar-refractivity contribution in [2.75, 3.05) is 6.54 Å². The first-order chi connectivity index (χ1) is 11.7. The molecule has 0 saturated heterocycles. The maximum Gasteiger partial charge on any atom is 0.410 e.